The topological polar surface area (TPSA) is 149 Å². The van der Waals surface area contributed by atoms with Crippen LogP contribution in [-0.2, 0) is 11.3 Å². The summed E-state index contributed by atoms with van der Waals surface area (Å²) in [7, 11) is 1.59. The molecule has 0 spiro atoms. The Hall–Kier alpha value is -4.79. The number of H-pyrrole nitrogens is 1. The molecule has 40 heavy (non-hydrogen) atoms. The second kappa shape index (κ2) is 11.1. The van der Waals surface area contributed by atoms with E-state index in [0.29, 0.717) is 55.5 Å². The molecule has 0 aromatic carbocycles. The van der Waals surface area contributed by atoms with Gasteiger partial charge in [0.2, 0.25) is 0 Å². The number of methoxy groups -OCH3 is 1. The summed E-state index contributed by atoms with van der Waals surface area (Å²) in [5.41, 5.74) is 2.28. The predicted molar refractivity (Wildman–Crippen MR) is 146 cm³/mol. The number of ether oxygens (including phenoxy) is 3. The molecule has 1 fully saturated rings. The van der Waals surface area contributed by atoms with Gasteiger partial charge in [-0.2, -0.15) is 4.68 Å². The molecule has 1 N–H and O–H groups in total. The smallest absolute Gasteiger partial charge is 0.410 e. The normalized spacial score (nSPS) is 13.6. The molecule has 1 saturated heterocycles. The van der Waals surface area contributed by atoms with Crippen LogP contribution in [-0.4, -0.2) is 91.0 Å². The molecule has 0 aliphatic carbocycles. The Morgan fingerprint density at radius 2 is 2.00 bits per heavy atom. The number of rotatable bonds is 8. The number of hydrogen-bond donors (Lipinski definition) is 1. The SMILES string of the molecule is CCOc1ncc(-c2ncc(OC)c3c(COC(=O)N4CCN(c5nnnn5-c5ccccn5)CC4)c[nH]c23)s1. The highest BCUT2D eigenvalue weighted by molar-refractivity contribution is 7.16. The number of nitrogens with zero attached hydrogens (tertiary/aromatic N) is 9. The fourth-order valence-electron chi connectivity index (χ4n) is 4.52. The summed E-state index contributed by atoms with van der Waals surface area (Å²) in [6.45, 7) is 4.56. The number of piperazine rings is 1. The standard InChI is InChI=1S/C25H26N10O4S/c1-3-38-24-29-14-18(40-24)21-22-20(17(37-2)13-28-21)16(12-27-22)15-39-25(36)34-10-8-33(9-11-34)23-30-31-32-35(23)19-6-4-5-7-26-19/h4-7,12-14,27H,3,8-11,15H2,1-2H3. The summed E-state index contributed by atoms with van der Waals surface area (Å²) in [5.74, 6) is 1.79. The van der Waals surface area contributed by atoms with Crippen molar-refractivity contribution in [3.8, 4) is 27.3 Å². The zero-order chi connectivity index (χ0) is 27.5. The molecule has 0 atom stereocenters. The van der Waals surface area contributed by atoms with Gasteiger partial charge in [-0.05, 0) is 29.5 Å². The van der Waals surface area contributed by atoms with E-state index in [-0.39, 0.29) is 6.61 Å². The van der Waals surface area contributed by atoms with Gasteiger partial charge in [-0.3, -0.25) is 0 Å². The first-order chi connectivity index (χ1) is 19.7. The van der Waals surface area contributed by atoms with Gasteiger partial charge in [-0.15, -0.1) is 0 Å². The average molecular weight is 563 g/mol. The third-order valence-corrected chi connectivity index (χ3v) is 7.37. The first-order valence-electron chi connectivity index (χ1n) is 12.6. The summed E-state index contributed by atoms with van der Waals surface area (Å²) in [5, 5.41) is 13.4. The van der Waals surface area contributed by atoms with Crippen LogP contribution in [0.3, 0.4) is 0 Å². The molecular weight excluding hydrogens is 536 g/mol. The van der Waals surface area contributed by atoms with E-state index < -0.39 is 6.09 Å². The van der Waals surface area contributed by atoms with Gasteiger partial charge in [0.1, 0.15) is 18.1 Å². The Morgan fingerprint density at radius 3 is 2.77 bits per heavy atom. The molecule has 1 amide bonds. The molecule has 0 saturated carbocycles. The van der Waals surface area contributed by atoms with Gasteiger partial charge in [0.25, 0.3) is 11.1 Å². The van der Waals surface area contributed by atoms with Gasteiger partial charge in [0.15, 0.2) is 5.82 Å². The van der Waals surface area contributed by atoms with Crippen LogP contribution in [0.2, 0.25) is 0 Å². The van der Waals surface area contributed by atoms with E-state index in [9.17, 15) is 4.79 Å². The number of anilines is 1. The van der Waals surface area contributed by atoms with E-state index in [1.807, 2.05) is 36.2 Å². The monoisotopic (exact) mass is 562 g/mol. The zero-order valence-electron chi connectivity index (χ0n) is 21.9. The van der Waals surface area contributed by atoms with Crippen LogP contribution < -0.4 is 14.4 Å². The minimum Gasteiger partial charge on any atom is -0.494 e. The number of hydrogen-bond acceptors (Lipinski definition) is 12. The number of fused-ring (bicyclic) bond motifs is 1. The van der Waals surface area contributed by atoms with E-state index in [1.54, 1.807) is 35.3 Å². The number of aromatic amines is 1. The lowest BCUT2D eigenvalue weighted by molar-refractivity contribution is 0.0943. The van der Waals surface area contributed by atoms with Gasteiger partial charge in [-0.1, -0.05) is 22.5 Å². The maximum Gasteiger partial charge on any atom is 0.410 e. The number of carbonyl (C=O) groups is 1. The molecule has 1 aliphatic heterocycles. The van der Waals surface area contributed by atoms with E-state index in [2.05, 4.69) is 35.5 Å². The molecule has 15 heteroatoms. The summed E-state index contributed by atoms with van der Waals surface area (Å²) < 4.78 is 18.4. The fourth-order valence-corrected chi connectivity index (χ4v) is 5.35. The minimum atomic E-state index is -0.393. The highest BCUT2D eigenvalue weighted by atomic mass is 32.1. The quantitative estimate of drug-likeness (QED) is 0.297. The highest BCUT2D eigenvalue weighted by Crippen LogP contribution is 2.38. The van der Waals surface area contributed by atoms with Gasteiger partial charge in [-0.25, -0.2) is 19.7 Å². The largest absolute Gasteiger partial charge is 0.494 e. The Bertz CT molecular complexity index is 1610. The van der Waals surface area contributed by atoms with Crippen molar-refractivity contribution in [3.63, 3.8) is 0 Å². The summed E-state index contributed by atoms with van der Waals surface area (Å²) in [6.07, 6.45) is 6.50. The van der Waals surface area contributed by atoms with Crippen molar-refractivity contribution >= 4 is 34.3 Å². The second-order valence-corrected chi connectivity index (χ2v) is 9.76. The molecule has 6 rings (SSSR count). The van der Waals surface area contributed by atoms with Crippen molar-refractivity contribution in [2.24, 2.45) is 0 Å². The van der Waals surface area contributed by atoms with Crippen LogP contribution in [0.25, 0.3) is 27.3 Å². The Balaban J connectivity index is 1.12. The lowest BCUT2D eigenvalue weighted by Crippen LogP contribution is -2.49. The number of carbonyl (C=O) groups excluding carboxylic acids is 1. The van der Waals surface area contributed by atoms with Crippen molar-refractivity contribution in [2.45, 2.75) is 13.5 Å². The maximum absolute atomic E-state index is 13.0. The zero-order valence-corrected chi connectivity index (χ0v) is 22.7. The minimum absolute atomic E-state index is 0.0731. The Labute approximate surface area is 232 Å². The molecule has 14 nitrogen and oxygen atoms in total. The Kier molecular flexibility index (Phi) is 7.09. The van der Waals surface area contributed by atoms with Crippen molar-refractivity contribution in [1.82, 2.24) is 45.0 Å². The Morgan fingerprint density at radius 1 is 1.12 bits per heavy atom. The van der Waals surface area contributed by atoms with Crippen LogP contribution in [0.5, 0.6) is 10.9 Å². The molecular formula is C25H26N10O4S. The highest BCUT2D eigenvalue weighted by Gasteiger charge is 2.26. The molecule has 6 heterocycles. The molecule has 0 radical (unpaired) electrons. The first-order valence-corrected chi connectivity index (χ1v) is 13.5. The first kappa shape index (κ1) is 25.5. The number of amides is 1. The molecule has 206 valence electrons. The lowest BCUT2D eigenvalue weighted by Gasteiger charge is -2.34. The third-order valence-electron chi connectivity index (χ3n) is 6.45. The van der Waals surface area contributed by atoms with Gasteiger partial charge in [0.05, 0.1) is 41.9 Å². The number of tetrazole rings is 1. The van der Waals surface area contributed by atoms with Crippen LogP contribution in [0, 0.1) is 0 Å². The van der Waals surface area contributed by atoms with Crippen LogP contribution >= 0.6 is 11.3 Å². The van der Waals surface area contributed by atoms with Crippen molar-refractivity contribution in [3.05, 3.63) is 48.5 Å². The molecule has 5 aromatic rings. The predicted octanol–water partition coefficient (Wildman–Crippen LogP) is 2.92. The molecule has 0 unspecified atom stereocenters. The van der Waals surface area contributed by atoms with Crippen molar-refractivity contribution < 1.29 is 19.0 Å². The van der Waals surface area contributed by atoms with Crippen LogP contribution in [0.4, 0.5) is 10.7 Å². The fraction of sp³-hybridized carbons (Fsp3) is 0.320. The van der Waals surface area contributed by atoms with Gasteiger partial charge >= 0.3 is 6.09 Å². The lowest BCUT2D eigenvalue weighted by atomic mass is 10.1. The van der Waals surface area contributed by atoms with Crippen molar-refractivity contribution in [2.75, 3.05) is 44.8 Å². The van der Waals surface area contributed by atoms with Gasteiger partial charge in [0, 0.05) is 44.1 Å². The number of nitrogens with one attached hydrogen (secondary N) is 1. The van der Waals surface area contributed by atoms with E-state index >= 15 is 0 Å². The van der Waals surface area contributed by atoms with E-state index in [1.165, 1.54) is 11.3 Å². The molecule has 0 bridgehead atoms. The summed E-state index contributed by atoms with van der Waals surface area (Å²) >= 11 is 1.41. The summed E-state index contributed by atoms with van der Waals surface area (Å²) in [6, 6.07) is 5.54. The number of aromatic nitrogens is 8. The second-order valence-electron chi connectivity index (χ2n) is 8.77. The maximum atomic E-state index is 13.0. The molecule has 1 aliphatic rings. The number of thiazole rings is 1. The van der Waals surface area contributed by atoms with Crippen molar-refractivity contribution in [1.29, 1.82) is 0 Å². The average Bonchev–Trinajstić information content (AvgIpc) is 3.77. The third kappa shape index (κ3) is 4.86. The number of pyridine rings is 2. The van der Waals surface area contributed by atoms with E-state index in [0.717, 1.165) is 27.0 Å². The van der Waals surface area contributed by atoms with Crippen LogP contribution in [0.15, 0.2) is 43.0 Å². The van der Waals surface area contributed by atoms with E-state index in [4.69, 9.17) is 14.2 Å². The molecule has 5 aromatic heterocycles. The summed E-state index contributed by atoms with van der Waals surface area (Å²) in [4.78, 5) is 34.0. The van der Waals surface area contributed by atoms with Crippen LogP contribution in [0.1, 0.15) is 12.5 Å². The van der Waals surface area contributed by atoms with Gasteiger partial charge < -0.3 is 29.0 Å².